The normalized spacial score (nSPS) is 17.1. The second-order valence-corrected chi connectivity index (χ2v) is 6.03. The summed E-state index contributed by atoms with van der Waals surface area (Å²) in [4.78, 5) is 23.3. The number of nitrogens with one attached hydrogen (secondary N) is 2. The van der Waals surface area contributed by atoms with Crippen molar-refractivity contribution in [3.63, 3.8) is 0 Å². The van der Waals surface area contributed by atoms with Crippen LogP contribution in [-0.2, 0) is 4.79 Å². The Hall–Kier alpha value is -2.04. The topological polar surface area (TPSA) is 78.4 Å². The Kier molecular flexibility index (Phi) is 4.50. The molecule has 0 radical (unpaired) electrons. The van der Waals surface area contributed by atoms with E-state index in [4.69, 9.17) is 0 Å². The molecular formula is C16H22N2O3. The molecule has 0 unspecified atom stereocenters. The van der Waals surface area contributed by atoms with E-state index in [0.717, 1.165) is 12.8 Å². The Labute approximate surface area is 124 Å². The zero-order valence-electron chi connectivity index (χ0n) is 12.4. The van der Waals surface area contributed by atoms with Gasteiger partial charge in [-0.3, -0.25) is 0 Å². The van der Waals surface area contributed by atoms with Crippen LogP contribution in [0.25, 0.3) is 0 Å². The van der Waals surface area contributed by atoms with Crippen LogP contribution < -0.4 is 10.6 Å². The number of carbonyl (C=O) groups is 2. The minimum Gasteiger partial charge on any atom is -0.479 e. The molecule has 0 aliphatic heterocycles. The quantitative estimate of drug-likeness (QED) is 0.753. The molecule has 0 aromatic heterocycles. The van der Waals surface area contributed by atoms with Gasteiger partial charge in [0.05, 0.1) is 0 Å². The van der Waals surface area contributed by atoms with Crippen molar-refractivity contribution in [2.24, 2.45) is 11.3 Å². The van der Waals surface area contributed by atoms with Crippen LogP contribution in [0.15, 0.2) is 30.3 Å². The van der Waals surface area contributed by atoms with Gasteiger partial charge in [0.25, 0.3) is 0 Å². The van der Waals surface area contributed by atoms with Gasteiger partial charge in [0.1, 0.15) is 0 Å². The summed E-state index contributed by atoms with van der Waals surface area (Å²) in [6, 6.07) is 7.23. The highest BCUT2D eigenvalue weighted by molar-refractivity contribution is 5.83. The van der Waals surface area contributed by atoms with Crippen molar-refractivity contribution in [2.75, 3.05) is 6.54 Å². The Bertz CT molecular complexity index is 510. The predicted octanol–water partition coefficient (Wildman–Crippen LogP) is 2.55. The average Bonchev–Trinajstić information content (AvgIpc) is 3.24. The van der Waals surface area contributed by atoms with Gasteiger partial charge in [0.2, 0.25) is 0 Å². The van der Waals surface area contributed by atoms with Gasteiger partial charge in [-0.25, -0.2) is 9.59 Å². The molecule has 0 heterocycles. The Morgan fingerprint density at radius 1 is 1.24 bits per heavy atom. The summed E-state index contributed by atoms with van der Waals surface area (Å²) in [6.07, 6.45) is 2.23. The van der Waals surface area contributed by atoms with E-state index in [2.05, 4.69) is 24.5 Å². The predicted molar refractivity (Wildman–Crippen MR) is 79.9 cm³/mol. The van der Waals surface area contributed by atoms with E-state index in [9.17, 15) is 14.7 Å². The molecule has 5 heteroatoms. The molecule has 0 spiro atoms. The summed E-state index contributed by atoms with van der Waals surface area (Å²) < 4.78 is 0. The molecule has 1 saturated carbocycles. The van der Waals surface area contributed by atoms with E-state index in [-0.39, 0.29) is 5.41 Å². The van der Waals surface area contributed by atoms with Crippen LogP contribution in [0, 0.1) is 11.3 Å². The van der Waals surface area contributed by atoms with Crippen LogP contribution in [0.3, 0.4) is 0 Å². The molecule has 1 aromatic carbocycles. The molecule has 21 heavy (non-hydrogen) atoms. The van der Waals surface area contributed by atoms with E-state index < -0.39 is 18.0 Å². The molecule has 1 aliphatic rings. The fraction of sp³-hybridized carbons (Fsp3) is 0.500. The third-order valence-corrected chi connectivity index (χ3v) is 4.37. The van der Waals surface area contributed by atoms with E-state index in [0.29, 0.717) is 18.0 Å². The maximum Gasteiger partial charge on any atom is 0.330 e. The molecule has 1 aromatic rings. The highest BCUT2D eigenvalue weighted by atomic mass is 16.4. The number of carbonyl (C=O) groups excluding carboxylic acids is 1. The van der Waals surface area contributed by atoms with Gasteiger partial charge >= 0.3 is 12.0 Å². The van der Waals surface area contributed by atoms with Gasteiger partial charge in [-0.05, 0) is 29.7 Å². The second-order valence-electron chi connectivity index (χ2n) is 6.03. The third kappa shape index (κ3) is 3.74. The number of rotatable bonds is 6. The van der Waals surface area contributed by atoms with Gasteiger partial charge in [0, 0.05) is 6.54 Å². The van der Waals surface area contributed by atoms with Crippen LogP contribution >= 0.6 is 0 Å². The Morgan fingerprint density at radius 3 is 2.33 bits per heavy atom. The number of hydrogen-bond acceptors (Lipinski definition) is 2. The average molecular weight is 290 g/mol. The van der Waals surface area contributed by atoms with Crippen molar-refractivity contribution in [3.05, 3.63) is 35.9 Å². The number of urea groups is 1. The lowest BCUT2D eigenvalue weighted by molar-refractivity contribution is -0.139. The van der Waals surface area contributed by atoms with E-state index in [1.807, 2.05) is 6.07 Å². The molecule has 0 bridgehead atoms. The molecule has 0 saturated heterocycles. The van der Waals surface area contributed by atoms with Crippen molar-refractivity contribution in [1.82, 2.24) is 10.6 Å². The molecule has 1 fully saturated rings. The minimum absolute atomic E-state index is 0.197. The maximum atomic E-state index is 11.9. The number of aliphatic carboxylic acids is 1. The van der Waals surface area contributed by atoms with Gasteiger partial charge in [-0.1, -0.05) is 44.2 Å². The first-order chi connectivity index (χ1) is 9.94. The smallest absolute Gasteiger partial charge is 0.330 e. The third-order valence-electron chi connectivity index (χ3n) is 4.37. The highest BCUT2D eigenvalue weighted by Crippen LogP contribution is 2.51. The molecule has 3 N–H and O–H groups in total. The summed E-state index contributed by atoms with van der Waals surface area (Å²) in [5.41, 5.74) is 0.758. The summed E-state index contributed by atoms with van der Waals surface area (Å²) in [6.45, 7) is 4.89. The van der Waals surface area contributed by atoms with Crippen LogP contribution in [0.1, 0.15) is 38.3 Å². The summed E-state index contributed by atoms with van der Waals surface area (Å²) >= 11 is 0. The largest absolute Gasteiger partial charge is 0.479 e. The van der Waals surface area contributed by atoms with Crippen LogP contribution in [0.4, 0.5) is 4.79 Å². The number of benzene rings is 1. The number of carboxylic acid groups (broad SMARTS) is 1. The standard InChI is InChI=1S/C16H22N2O3/c1-11(2)16(8-9-16)10-17-15(21)18-13(14(19)20)12-6-4-3-5-7-12/h3-7,11,13H,8-10H2,1-2H3,(H,19,20)(H2,17,18,21)/t13-/m1/s1. The molecule has 1 aliphatic carbocycles. The molecule has 2 amide bonds. The monoisotopic (exact) mass is 290 g/mol. The van der Waals surface area contributed by atoms with E-state index >= 15 is 0 Å². The summed E-state index contributed by atoms with van der Waals surface area (Å²) in [5.74, 6) is -0.552. The van der Waals surface area contributed by atoms with Gasteiger partial charge in [0.15, 0.2) is 6.04 Å². The molecule has 5 nitrogen and oxygen atoms in total. The first-order valence-electron chi connectivity index (χ1n) is 7.27. The van der Waals surface area contributed by atoms with Crippen molar-refractivity contribution in [2.45, 2.75) is 32.7 Å². The van der Waals surface area contributed by atoms with Crippen LogP contribution in [-0.4, -0.2) is 23.7 Å². The molecular weight excluding hydrogens is 268 g/mol. The summed E-state index contributed by atoms with van der Waals surface area (Å²) in [7, 11) is 0. The van der Waals surface area contributed by atoms with Gasteiger partial charge in [-0.2, -0.15) is 0 Å². The second kappa shape index (κ2) is 6.16. The lowest BCUT2D eigenvalue weighted by atomic mass is 9.92. The molecule has 2 rings (SSSR count). The van der Waals surface area contributed by atoms with Crippen molar-refractivity contribution < 1.29 is 14.7 Å². The first-order valence-corrected chi connectivity index (χ1v) is 7.27. The number of amides is 2. The van der Waals surface area contributed by atoms with E-state index in [1.54, 1.807) is 24.3 Å². The first kappa shape index (κ1) is 15.4. The van der Waals surface area contributed by atoms with Crippen LogP contribution in [0.2, 0.25) is 0 Å². The number of carboxylic acids is 1. The van der Waals surface area contributed by atoms with Crippen molar-refractivity contribution in [1.29, 1.82) is 0 Å². The van der Waals surface area contributed by atoms with E-state index in [1.165, 1.54) is 0 Å². The molecule has 1 atom stereocenters. The molecule has 114 valence electrons. The van der Waals surface area contributed by atoms with Crippen molar-refractivity contribution >= 4 is 12.0 Å². The number of hydrogen-bond donors (Lipinski definition) is 3. The minimum atomic E-state index is -1.07. The lowest BCUT2D eigenvalue weighted by Gasteiger charge is -2.21. The maximum absolute atomic E-state index is 11.9. The zero-order chi connectivity index (χ0) is 15.5. The van der Waals surface area contributed by atoms with Gasteiger partial charge < -0.3 is 15.7 Å². The Balaban J connectivity index is 1.92. The van der Waals surface area contributed by atoms with Gasteiger partial charge in [-0.15, -0.1) is 0 Å². The zero-order valence-corrected chi connectivity index (χ0v) is 12.4. The van der Waals surface area contributed by atoms with Crippen molar-refractivity contribution in [3.8, 4) is 0 Å². The Morgan fingerprint density at radius 2 is 1.86 bits per heavy atom. The SMILES string of the molecule is CC(C)C1(CNC(=O)N[C@@H](C(=O)O)c2ccccc2)CC1. The fourth-order valence-electron chi connectivity index (χ4n) is 2.49. The lowest BCUT2D eigenvalue weighted by Crippen LogP contribution is -2.43. The fourth-order valence-corrected chi connectivity index (χ4v) is 2.49. The van der Waals surface area contributed by atoms with Crippen LogP contribution in [0.5, 0.6) is 0 Å². The highest BCUT2D eigenvalue weighted by Gasteiger charge is 2.45. The summed E-state index contributed by atoms with van der Waals surface area (Å²) in [5, 5.41) is 14.6.